The van der Waals surface area contributed by atoms with Crippen molar-refractivity contribution in [2.45, 2.75) is 0 Å². The maximum atomic E-state index is 5.15. The summed E-state index contributed by atoms with van der Waals surface area (Å²) >= 11 is 0. The summed E-state index contributed by atoms with van der Waals surface area (Å²) in [5.74, 6) is 1.77. The fourth-order valence-corrected chi connectivity index (χ4v) is 7.08. The monoisotopic (exact) mass is 663 g/mol. The van der Waals surface area contributed by atoms with Gasteiger partial charge in [-0.15, -0.1) is 0 Å². The van der Waals surface area contributed by atoms with E-state index < -0.39 is 0 Å². The Kier molecular flexibility index (Phi) is 7.07. The van der Waals surface area contributed by atoms with Crippen LogP contribution in [0.1, 0.15) is 0 Å². The van der Waals surface area contributed by atoms with Gasteiger partial charge in [-0.3, -0.25) is 0 Å². The Hall–Kier alpha value is -7.11. The van der Waals surface area contributed by atoms with Crippen LogP contribution in [0.2, 0.25) is 0 Å². The highest BCUT2D eigenvalue weighted by Crippen LogP contribution is 2.35. The molecule has 10 rings (SSSR count). The van der Waals surface area contributed by atoms with Crippen LogP contribution >= 0.6 is 0 Å². The van der Waals surface area contributed by atoms with Crippen LogP contribution in [-0.4, -0.2) is 24.9 Å². The van der Waals surface area contributed by atoms with Gasteiger partial charge in [-0.25, -0.2) is 24.9 Å². The molecule has 0 aliphatic carbocycles. The molecule has 7 aromatic carbocycles. The molecule has 0 spiro atoms. The predicted molar refractivity (Wildman–Crippen MR) is 213 cm³/mol. The molecule has 0 saturated carbocycles. The number of nitrogens with zero attached hydrogens (tertiary/aromatic N) is 5. The lowest BCUT2D eigenvalue weighted by molar-refractivity contribution is 1.06. The van der Waals surface area contributed by atoms with Gasteiger partial charge in [0.1, 0.15) is 5.69 Å². The first-order chi connectivity index (χ1) is 25.7. The van der Waals surface area contributed by atoms with Crippen molar-refractivity contribution in [3.05, 3.63) is 176 Å². The largest absolute Gasteiger partial charge is 0.248 e. The Labute approximate surface area is 300 Å². The Bertz CT molecular complexity index is 2900. The molecule has 0 N–H and O–H groups in total. The van der Waals surface area contributed by atoms with Crippen LogP contribution < -0.4 is 0 Å². The standard InChI is InChI=1S/C47H29N5/c1-3-11-32(12-4-1)45-50-46(33-13-5-2-6-14-33)52-47(51-45)43-27-23-37-29-35(21-25-41(37)49-43)34-20-24-40-36(28-34)22-26-42(48-40)39-17-9-15-31-19-18-30-10-7-8-16-38(30)44(31)39/h1-29H. The van der Waals surface area contributed by atoms with Crippen molar-refractivity contribution in [1.29, 1.82) is 0 Å². The molecule has 3 heterocycles. The van der Waals surface area contributed by atoms with E-state index in [9.17, 15) is 0 Å². The molecule has 242 valence electrons. The summed E-state index contributed by atoms with van der Waals surface area (Å²) < 4.78 is 0. The Balaban J connectivity index is 0.996. The molecule has 0 bridgehead atoms. The summed E-state index contributed by atoms with van der Waals surface area (Å²) in [7, 11) is 0. The third kappa shape index (κ3) is 5.32. The summed E-state index contributed by atoms with van der Waals surface area (Å²) in [6.07, 6.45) is 0. The topological polar surface area (TPSA) is 64.5 Å². The van der Waals surface area contributed by atoms with Crippen LogP contribution in [0.5, 0.6) is 0 Å². The van der Waals surface area contributed by atoms with Crippen LogP contribution in [0.4, 0.5) is 0 Å². The Morgan fingerprint density at radius 2 is 0.808 bits per heavy atom. The third-order valence-electron chi connectivity index (χ3n) is 9.69. The van der Waals surface area contributed by atoms with E-state index in [-0.39, 0.29) is 0 Å². The van der Waals surface area contributed by atoms with Crippen molar-refractivity contribution in [2.24, 2.45) is 0 Å². The fraction of sp³-hybridized carbons (Fsp3) is 0. The fourth-order valence-electron chi connectivity index (χ4n) is 7.08. The molecule has 3 aromatic heterocycles. The minimum atomic E-state index is 0.539. The second-order valence-corrected chi connectivity index (χ2v) is 12.9. The van der Waals surface area contributed by atoms with Gasteiger partial charge in [0, 0.05) is 27.5 Å². The molecule has 52 heavy (non-hydrogen) atoms. The molecule has 5 heteroatoms. The predicted octanol–water partition coefficient (Wildman–Crippen LogP) is 11.6. The smallest absolute Gasteiger partial charge is 0.182 e. The van der Waals surface area contributed by atoms with Gasteiger partial charge in [0.2, 0.25) is 0 Å². The van der Waals surface area contributed by atoms with E-state index in [1.54, 1.807) is 0 Å². The van der Waals surface area contributed by atoms with Gasteiger partial charge in [-0.2, -0.15) is 0 Å². The molecule has 0 atom stereocenters. The van der Waals surface area contributed by atoms with Crippen LogP contribution in [0, 0.1) is 0 Å². The third-order valence-corrected chi connectivity index (χ3v) is 9.69. The van der Waals surface area contributed by atoms with Crippen molar-refractivity contribution in [3.63, 3.8) is 0 Å². The van der Waals surface area contributed by atoms with E-state index in [0.717, 1.165) is 55.3 Å². The number of benzene rings is 7. The van der Waals surface area contributed by atoms with E-state index >= 15 is 0 Å². The molecule has 0 amide bonds. The van der Waals surface area contributed by atoms with Crippen molar-refractivity contribution in [2.75, 3.05) is 0 Å². The zero-order valence-electron chi connectivity index (χ0n) is 28.0. The van der Waals surface area contributed by atoms with Crippen LogP contribution in [-0.2, 0) is 0 Å². The highest BCUT2D eigenvalue weighted by molar-refractivity contribution is 6.14. The second kappa shape index (κ2) is 12.3. The maximum Gasteiger partial charge on any atom is 0.182 e. The SMILES string of the molecule is c1ccc(-c2nc(-c3ccccc3)nc(-c3ccc4cc(-c5ccc6nc(-c7cccc8ccc9ccccc9c78)ccc6c5)ccc4n3)n2)cc1. The van der Waals surface area contributed by atoms with Gasteiger partial charge in [0.15, 0.2) is 17.5 Å². The Morgan fingerprint density at radius 1 is 0.288 bits per heavy atom. The quantitative estimate of drug-likeness (QED) is 0.171. The molecular formula is C47H29N5. The van der Waals surface area contributed by atoms with Crippen molar-refractivity contribution in [3.8, 4) is 56.7 Å². The highest BCUT2D eigenvalue weighted by Gasteiger charge is 2.14. The lowest BCUT2D eigenvalue weighted by Crippen LogP contribution is -2.01. The summed E-state index contributed by atoms with van der Waals surface area (Å²) in [6.45, 7) is 0. The van der Waals surface area contributed by atoms with Crippen LogP contribution in [0.15, 0.2) is 176 Å². The molecule has 5 nitrogen and oxygen atoms in total. The minimum absolute atomic E-state index is 0.539. The van der Waals surface area contributed by atoms with Crippen molar-refractivity contribution >= 4 is 43.4 Å². The van der Waals surface area contributed by atoms with Gasteiger partial charge in [0.25, 0.3) is 0 Å². The van der Waals surface area contributed by atoms with Crippen molar-refractivity contribution < 1.29 is 0 Å². The number of aromatic nitrogens is 5. The average Bonchev–Trinajstić information content (AvgIpc) is 3.23. The van der Waals surface area contributed by atoms with Gasteiger partial charge in [-0.05, 0) is 69.1 Å². The molecule has 0 saturated heterocycles. The lowest BCUT2D eigenvalue weighted by atomic mass is 9.95. The molecule has 0 unspecified atom stereocenters. The Morgan fingerprint density at radius 3 is 1.48 bits per heavy atom. The second-order valence-electron chi connectivity index (χ2n) is 12.9. The van der Waals surface area contributed by atoms with Crippen LogP contribution in [0.3, 0.4) is 0 Å². The van der Waals surface area contributed by atoms with Gasteiger partial charge in [-0.1, -0.05) is 140 Å². The summed E-state index contributed by atoms with van der Waals surface area (Å²) in [6, 6.07) is 60.7. The molecule has 0 aliphatic rings. The van der Waals surface area contributed by atoms with Gasteiger partial charge in [0.05, 0.1) is 16.7 Å². The van der Waals surface area contributed by atoms with E-state index in [0.29, 0.717) is 23.2 Å². The first-order valence-electron chi connectivity index (χ1n) is 17.3. The molecule has 0 fully saturated rings. The first-order valence-corrected chi connectivity index (χ1v) is 17.3. The zero-order valence-corrected chi connectivity index (χ0v) is 28.0. The minimum Gasteiger partial charge on any atom is -0.248 e. The van der Waals surface area contributed by atoms with Crippen molar-refractivity contribution in [1.82, 2.24) is 24.9 Å². The van der Waals surface area contributed by atoms with E-state index in [2.05, 4.69) is 109 Å². The summed E-state index contributed by atoms with van der Waals surface area (Å²) in [5.41, 5.74) is 8.75. The first kappa shape index (κ1) is 29.8. The van der Waals surface area contributed by atoms with E-state index in [1.165, 1.54) is 21.5 Å². The molecule has 0 radical (unpaired) electrons. The number of hydrogen-bond acceptors (Lipinski definition) is 5. The number of fused-ring (bicyclic) bond motifs is 5. The van der Waals surface area contributed by atoms with E-state index in [1.807, 2.05) is 66.7 Å². The average molecular weight is 664 g/mol. The zero-order chi connectivity index (χ0) is 34.4. The van der Waals surface area contributed by atoms with Gasteiger partial charge >= 0.3 is 0 Å². The summed E-state index contributed by atoms with van der Waals surface area (Å²) in [5, 5.41) is 7.06. The maximum absolute atomic E-state index is 5.15. The highest BCUT2D eigenvalue weighted by atomic mass is 15.0. The van der Waals surface area contributed by atoms with E-state index in [4.69, 9.17) is 24.9 Å². The normalized spacial score (nSPS) is 11.5. The number of pyridine rings is 2. The lowest BCUT2D eigenvalue weighted by Gasteiger charge is -2.11. The summed E-state index contributed by atoms with van der Waals surface area (Å²) in [4.78, 5) is 24.7. The molecule has 10 aromatic rings. The number of hydrogen-bond donors (Lipinski definition) is 0. The van der Waals surface area contributed by atoms with Gasteiger partial charge < -0.3 is 0 Å². The number of rotatable bonds is 5. The molecular weight excluding hydrogens is 635 g/mol. The molecule has 0 aliphatic heterocycles. The van der Waals surface area contributed by atoms with Crippen LogP contribution in [0.25, 0.3) is 100 Å².